The van der Waals surface area contributed by atoms with Crippen molar-refractivity contribution in [3.8, 4) is 0 Å². The van der Waals surface area contributed by atoms with E-state index in [1.54, 1.807) is 30.3 Å². The van der Waals surface area contributed by atoms with Gasteiger partial charge in [-0.25, -0.2) is 0 Å². The highest BCUT2D eigenvalue weighted by Crippen LogP contribution is 2.30. The summed E-state index contributed by atoms with van der Waals surface area (Å²) >= 11 is 3.30. The lowest BCUT2D eigenvalue weighted by Gasteiger charge is -2.24. The van der Waals surface area contributed by atoms with Crippen LogP contribution < -0.4 is 0 Å². The van der Waals surface area contributed by atoms with E-state index < -0.39 is 11.9 Å². The minimum atomic E-state index is -0.882. The molecule has 1 aromatic heterocycles. The van der Waals surface area contributed by atoms with Crippen LogP contribution in [0.25, 0.3) is 0 Å². The number of rotatable bonds is 5. The molecule has 1 aliphatic rings. The fourth-order valence-electron chi connectivity index (χ4n) is 1.86. The van der Waals surface area contributed by atoms with Crippen LogP contribution in [0.2, 0.25) is 0 Å². The van der Waals surface area contributed by atoms with Gasteiger partial charge in [0.05, 0.1) is 11.5 Å². The molecule has 0 saturated heterocycles. The van der Waals surface area contributed by atoms with Crippen molar-refractivity contribution in [2.45, 2.75) is 25.8 Å². The Bertz CT molecular complexity index is 502. The second-order valence-corrected chi connectivity index (χ2v) is 5.64. The Morgan fingerprint density at radius 2 is 2.26 bits per heavy atom. The largest absolute Gasteiger partial charge is 0.481 e. The zero-order valence-corrected chi connectivity index (χ0v) is 12.1. The van der Waals surface area contributed by atoms with Crippen LogP contribution in [0.15, 0.2) is 22.9 Å². The van der Waals surface area contributed by atoms with Crippen LogP contribution >= 0.6 is 15.9 Å². The summed E-state index contributed by atoms with van der Waals surface area (Å²) in [6, 6.07) is 1.82. The standard InChI is InChI=1S/C13H15BrN2O3/c1-8(13(18)19)7-16(9-2-3-9)12(17)10-4-5-15-6-11(10)14/h4-6,8-9H,2-3,7H2,1H3,(H,18,19). The molecule has 19 heavy (non-hydrogen) atoms. The zero-order chi connectivity index (χ0) is 14.0. The molecule has 1 saturated carbocycles. The molecular formula is C13H15BrN2O3. The molecule has 2 rings (SSSR count). The fraction of sp³-hybridized carbons (Fsp3) is 0.462. The molecule has 102 valence electrons. The third-order valence-electron chi connectivity index (χ3n) is 3.14. The number of aliphatic carboxylic acids is 1. The number of pyridine rings is 1. The summed E-state index contributed by atoms with van der Waals surface area (Å²) < 4.78 is 0.633. The molecule has 1 atom stereocenters. The van der Waals surface area contributed by atoms with E-state index in [0.717, 1.165) is 12.8 Å². The molecule has 1 aromatic rings. The summed E-state index contributed by atoms with van der Waals surface area (Å²) in [7, 11) is 0. The van der Waals surface area contributed by atoms with Crippen LogP contribution in [-0.4, -0.2) is 39.5 Å². The molecule has 1 fully saturated rings. The molecule has 5 nitrogen and oxygen atoms in total. The smallest absolute Gasteiger partial charge is 0.308 e. The third-order valence-corrected chi connectivity index (χ3v) is 3.78. The number of hydrogen-bond acceptors (Lipinski definition) is 3. The Hall–Kier alpha value is -1.43. The van der Waals surface area contributed by atoms with E-state index in [4.69, 9.17) is 5.11 Å². The number of hydrogen-bond donors (Lipinski definition) is 1. The highest BCUT2D eigenvalue weighted by atomic mass is 79.9. The van der Waals surface area contributed by atoms with Gasteiger partial charge in [-0.3, -0.25) is 14.6 Å². The number of carbonyl (C=O) groups is 2. The maximum Gasteiger partial charge on any atom is 0.308 e. The summed E-state index contributed by atoms with van der Waals surface area (Å²) in [5.41, 5.74) is 0.527. The van der Waals surface area contributed by atoms with E-state index in [1.165, 1.54) is 0 Å². The van der Waals surface area contributed by atoms with Gasteiger partial charge in [0, 0.05) is 29.5 Å². The van der Waals surface area contributed by atoms with E-state index >= 15 is 0 Å². The molecular weight excluding hydrogens is 312 g/mol. The average Bonchev–Trinajstić information content (AvgIpc) is 3.19. The lowest BCUT2D eigenvalue weighted by molar-refractivity contribution is -0.141. The van der Waals surface area contributed by atoms with Gasteiger partial charge in [0.25, 0.3) is 5.91 Å². The molecule has 0 bridgehead atoms. The van der Waals surface area contributed by atoms with Gasteiger partial charge >= 0.3 is 5.97 Å². The molecule has 0 aliphatic heterocycles. The number of amides is 1. The average molecular weight is 327 g/mol. The SMILES string of the molecule is CC(CN(C(=O)c1ccncc1Br)C1CC1)C(=O)O. The molecule has 0 radical (unpaired) electrons. The molecule has 0 aromatic carbocycles. The first kappa shape index (κ1) is 14.0. The van der Waals surface area contributed by atoms with Crippen LogP contribution in [0.4, 0.5) is 0 Å². The second kappa shape index (κ2) is 5.69. The van der Waals surface area contributed by atoms with E-state index in [2.05, 4.69) is 20.9 Å². The topological polar surface area (TPSA) is 70.5 Å². The summed E-state index contributed by atoms with van der Waals surface area (Å²) in [6.45, 7) is 1.86. The molecule has 1 unspecified atom stereocenters. The molecule has 1 aliphatic carbocycles. The van der Waals surface area contributed by atoms with Crippen LogP contribution in [0, 0.1) is 5.92 Å². The monoisotopic (exact) mass is 326 g/mol. The van der Waals surface area contributed by atoms with Gasteiger partial charge in [-0.05, 0) is 34.8 Å². The van der Waals surface area contributed by atoms with Crippen molar-refractivity contribution in [2.24, 2.45) is 5.92 Å². The van der Waals surface area contributed by atoms with Gasteiger partial charge in [-0.15, -0.1) is 0 Å². The number of carbonyl (C=O) groups excluding carboxylic acids is 1. The Labute approximate surface area is 119 Å². The van der Waals surface area contributed by atoms with Crippen molar-refractivity contribution in [1.29, 1.82) is 0 Å². The summed E-state index contributed by atoms with van der Waals surface area (Å²) in [5.74, 6) is -1.58. The van der Waals surface area contributed by atoms with Gasteiger partial charge < -0.3 is 10.0 Å². The molecule has 0 spiro atoms. The zero-order valence-electron chi connectivity index (χ0n) is 10.5. The Balaban J connectivity index is 2.18. The van der Waals surface area contributed by atoms with Crippen LogP contribution in [0.3, 0.4) is 0 Å². The first-order valence-electron chi connectivity index (χ1n) is 6.14. The maximum absolute atomic E-state index is 12.5. The van der Waals surface area contributed by atoms with Gasteiger partial charge in [0.15, 0.2) is 0 Å². The lowest BCUT2D eigenvalue weighted by Crippen LogP contribution is -2.38. The highest BCUT2D eigenvalue weighted by molar-refractivity contribution is 9.10. The Kier molecular flexibility index (Phi) is 4.19. The predicted molar refractivity (Wildman–Crippen MR) is 72.8 cm³/mol. The molecule has 1 amide bonds. The number of nitrogens with zero attached hydrogens (tertiary/aromatic N) is 2. The van der Waals surface area contributed by atoms with E-state index in [9.17, 15) is 9.59 Å². The quantitative estimate of drug-likeness (QED) is 0.900. The van der Waals surface area contributed by atoms with Crippen molar-refractivity contribution in [3.05, 3.63) is 28.5 Å². The normalized spacial score (nSPS) is 15.9. The number of carboxylic acids is 1. The van der Waals surface area contributed by atoms with Gasteiger partial charge in [0.1, 0.15) is 0 Å². The summed E-state index contributed by atoms with van der Waals surface area (Å²) in [5, 5.41) is 8.98. The molecule has 6 heteroatoms. The highest BCUT2D eigenvalue weighted by Gasteiger charge is 2.35. The van der Waals surface area contributed by atoms with Gasteiger partial charge in [-0.2, -0.15) is 0 Å². The van der Waals surface area contributed by atoms with Gasteiger partial charge in [-0.1, -0.05) is 6.92 Å². The molecule has 1 N–H and O–H groups in total. The number of halogens is 1. The summed E-state index contributed by atoms with van der Waals surface area (Å²) in [4.78, 5) is 29.0. The fourth-order valence-corrected chi connectivity index (χ4v) is 2.28. The minimum absolute atomic E-state index is 0.134. The Morgan fingerprint density at radius 1 is 1.58 bits per heavy atom. The first-order valence-corrected chi connectivity index (χ1v) is 6.93. The van der Waals surface area contributed by atoms with Crippen molar-refractivity contribution < 1.29 is 14.7 Å². The number of carboxylic acid groups (broad SMARTS) is 1. The predicted octanol–water partition coefficient (Wildman–Crippen LogP) is 2.17. The van der Waals surface area contributed by atoms with Crippen LogP contribution in [0.5, 0.6) is 0 Å². The third kappa shape index (κ3) is 3.32. The van der Waals surface area contributed by atoms with E-state index in [1.807, 2.05) is 0 Å². The van der Waals surface area contributed by atoms with Crippen molar-refractivity contribution in [3.63, 3.8) is 0 Å². The lowest BCUT2D eigenvalue weighted by atomic mass is 10.1. The maximum atomic E-state index is 12.5. The first-order chi connectivity index (χ1) is 9.00. The minimum Gasteiger partial charge on any atom is -0.481 e. The van der Waals surface area contributed by atoms with Crippen molar-refractivity contribution in [1.82, 2.24) is 9.88 Å². The summed E-state index contributed by atoms with van der Waals surface area (Å²) in [6.07, 6.45) is 5.02. The second-order valence-electron chi connectivity index (χ2n) is 4.78. The van der Waals surface area contributed by atoms with Crippen LogP contribution in [0.1, 0.15) is 30.1 Å². The number of aromatic nitrogens is 1. The van der Waals surface area contributed by atoms with Crippen molar-refractivity contribution >= 4 is 27.8 Å². The van der Waals surface area contributed by atoms with Crippen molar-refractivity contribution in [2.75, 3.05) is 6.54 Å². The molecule has 1 heterocycles. The van der Waals surface area contributed by atoms with Gasteiger partial charge in [0.2, 0.25) is 0 Å². The van der Waals surface area contributed by atoms with Crippen LogP contribution in [-0.2, 0) is 4.79 Å². The van der Waals surface area contributed by atoms with E-state index in [-0.39, 0.29) is 18.5 Å². The van der Waals surface area contributed by atoms with E-state index in [0.29, 0.717) is 10.0 Å². The Morgan fingerprint density at radius 3 is 2.79 bits per heavy atom.